The van der Waals surface area contributed by atoms with Gasteiger partial charge in [-0.3, -0.25) is 28.8 Å². The first-order chi connectivity index (χ1) is 53.7. The van der Waals surface area contributed by atoms with E-state index in [0.29, 0.717) is 91.4 Å². The molecule has 0 bridgehead atoms. The van der Waals surface area contributed by atoms with Gasteiger partial charge < -0.3 is 28.4 Å². The van der Waals surface area contributed by atoms with E-state index in [2.05, 4.69) is 187 Å². The predicted octanol–water partition coefficient (Wildman–Crippen LogP) is 27.6. The number of ether oxygens (including phenoxy) is 6. The average Bonchev–Trinajstić information content (AvgIpc) is 1.65. The highest BCUT2D eigenvalue weighted by molar-refractivity contribution is 5.86. The number of hydrogen-bond donors (Lipinski definition) is 0. The van der Waals surface area contributed by atoms with Gasteiger partial charge in [-0.15, -0.1) is 0 Å². The van der Waals surface area contributed by atoms with Crippen molar-refractivity contribution in [3.8, 4) is 0 Å². The Morgan fingerprint density at radius 2 is 0.500 bits per heavy atom. The van der Waals surface area contributed by atoms with E-state index in [4.69, 9.17) is 28.4 Å². The zero-order valence-electron chi connectivity index (χ0n) is 81.2. The third kappa shape index (κ3) is 49.9. The molecule has 0 aromatic carbocycles. The lowest BCUT2D eigenvalue weighted by atomic mass is 9.79. The first-order valence-electron chi connectivity index (χ1n) is 48.5. The molecule has 9 saturated carbocycles. The summed E-state index contributed by atoms with van der Waals surface area (Å²) < 4.78 is 36.3. The van der Waals surface area contributed by atoms with E-state index in [1.54, 1.807) is 0 Å². The molecule has 8 atom stereocenters. The van der Waals surface area contributed by atoms with Gasteiger partial charge >= 0.3 is 0 Å². The number of carbonyl (C=O) groups is 6. The molecule has 0 amide bonds. The topological polar surface area (TPSA) is 158 Å². The average molecular weight is 1630 g/mol. The van der Waals surface area contributed by atoms with Gasteiger partial charge in [0.25, 0.3) is 0 Å². The van der Waals surface area contributed by atoms with Gasteiger partial charge in [-0.2, -0.15) is 0 Å². The highest BCUT2D eigenvalue weighted by atomic mass is 16.5. The highest BCUT2D eigenvalue weighted by Gasteiger charge is 2.41. The Morgan fingerprint density at radius 1 is 0.267 bits per heavy atom. The van der Waals surface area contributed by atoms with Gasteiger partial charge in [-0.1, -0.05) is 296 Å². The smallest absolute Gasteiger partial charge is 0.162 e. The fourth-order valence-corrected chi connectivity index (χ4v) is 18.2. The fraction of sp³-hybridized carbons (Fsp3) is 0.942. The van der Waals surface area contributed by atoms with Gasteiger partial charge in [0.15, 0.2) is 34.7 Å². The molecule has 8 unspecified atom stereocenters. The van der Waals surface area contributed by atoms with Crippen LogP contribution in [0.4, 0.5) is 0 Å². The SMILES string of the molecule is CC(C)(C)CC(=O)C(CC(C)(C)C)OCC1CCCC1.CC(C)(C)CC(=O)C(CC1CC1)OCC1CCCC1.CC(C)(C)CC(=O)C(CC1CCC1)OCC1CCCC1.CC(C)(C)CC(=O)C(OCC1CCCC1)C(C)(C)C.CC(C)C(OCC1CCCC1)C(=O)CC(C)(C)C.CC1CC1CC(OCC1CCCC1)C(=O)CC(C)(C)C. The number of rotatable bonds is 38. The molecule has 9 aliphatic carbocycles. The molecule has 0 aliphatic heterocycles. The van der Waals surface area contributed by atoms with Crippen LogP contribution in [0, 0.1) is 108 Å². The van der Waals surface area contributed by atoms with Gasteiger partial charge in [-0.25, -0.2) is 0 Å². The van der Waals surface area contributed by atoms with E-state index >= 15 is 0 Å². The molecule has 678 valence electrons. The lowest BCUT2D eigenvalue weighted by molar-refractivity contribution is -0.141. The van der Waals surface area contributed by atoms with Crippen molar-refractivity contribution in [3.05, 3.63) is 0 Å². The second kappa shape index (κ2) is 50.7. The summed E-state index contributed by atoms with van der Waals surface area (Å²) in [6, 6.07) is 0. The lowest BCUT2D eigenvalue weighted by Crippen LogP contribution is -2.39. The minimum atomic E-state index is -0.257. The molecule has 0 spiro atoms. The summed E-state index contributed by atoms with van der Waals surface area (Å²) in [5.74, 6) is 9.30. The maximum absolute atomic E-state index is 12.5. The van der Waals surface area contributed by atoms with Crippen molar-refractivity contribution >= 4 is 34.7 Å². The molecule has 116 heavy (non-hydrogen) atoms. The molecule has 0 radical (unpaired) electrons. The molecular weight excluding hydrogens is 1440 g/mol. The first-order valence-corrected chi connectivity index (χ1v) is 48.5. The molecule has 0 N–H and O–H groups in total. The van der Waals surface area contributed by atoms with Gasteiger partial charge in [0.1, 0.15) is 36.6 Å². The Morgan fingerprint density at radius 3 is 0.741 bits per heavy atom. The number of Topliss-reactive ketones (excluding diaryl/α,β-unsaturated/α-hetero) is 6. The fourth-order valence-electron chi connectivity index (χ4n) is 18.2. The standard InChI is InChI=1S/2C18H32O2.C18H34O2.C17H30O2.C17H32O2.C16H30O2/c1-13-9-15(13)10-17(16(19)11-18(2,3)4)20-12-14-7-5-6-8-14;1-18(2,3)12-16(19)17(11-14-9-6-10-14)20-13-15-7-4-5-8-15;1-17(2,3)11-15(19)16(12-18(4,5)6)20-13-14-9-7-8-10-14;1-17(2,3)11-15(18)16(10-13-8-9-13)19-12-14-6-4-5-7-14;1-16(2,3)11-14(18)15(17(4,5)6)19-12-13-9-7-8-10-13;1-12(2)15(14(17)10-16(3,4)5)18-11-13-8-6-7-9-13/h13-15,17H,5-12H2,1-4H3;14-15,17H,4-13H2,1-3H3;14,16H,7-13H2,1-6H3;13-14,16H,4-12H2,1-3H3;13,15H,7-12H2,1-6H3;12-13,15H,6-11H2,1-5H3. The largest absolute Gasteiger partial charge is 0.370 e. The van der Waals surface area contributed by atoms with Crippen molar-refractivity contribution in [2.75, 3.05) is 39.6 Å². The summed E-state index contributed by atoms with van der Waals surface area (Å²) >= 11 is 0. The van der Waals surface area contributed by atoms with E-state index in [0.717, 1.165) is 89.0 Å². The Bertz CT molecular complexity index is 2680. The summed E-state index contributed by atoms with van der Waals surface area (Å²) in [7, 11) is 0. The van der Waals surface area contributed by atoms with Crippen LogP contribution >= 0.6 is 0 Å². The van der Waals surface area contributed by atoms with Crippen LogP contribution in [0.3, 0.4) is 0 Å². The van der Waals surface area contributed by atoms with Crippen molar-refractivity contribution in [3.63, 3.8) is 0 Å². The first kappa shape index (κ1) is 106. The van der Waals surface area contributed by atoms with Crippen LogP contribution < -0.4 is 0 Å². The third-order valence-electron chi connectivity index (χ3n) is 25.3. The Hall–Kier alpha value is -2.22. The van der Waals surface area contributed by atoms with Crippen LogP contribution in [-0.4, -0.2) is 111 Å². The van der Waals surface area contributed by atoms with Crippen LogP contribution in [0.25, 0.3) is 0 Å². The monoisotopic (exact) mass is 1630 g/mol. The van der Waals surface area contributed by atoms with Crippen molar-refractivity contribution in [2.45, 2.75) is 480 Å². The maximum atomic E-state index is 12.5. The second-order valence-electron chi connectivity index (χ2n) is 49.2. The van der Waals surface area contributed by atoms with Crippen LogP contribution in [0.1, 0.15) is 444 Å². The molecule has 12 nitrogen and oxygen atoms in total. The minimum absolute atomic E-state index is 0.0390. The van der Waals surface area contributed by atoms with Crippen LogP contribution in [0.5, 0.6) is 0 Å². The van der Waals surface area contributed by atoms with Crippen LogP contribution in [0.2, 0.25) is 0 Å². The summed E-state index contributed by atoms with van der Waals surface area (Å²) in [4.78, 5) is 74.7. The quantitative estimate of drug-likeness (QED) is 0.0577. The normalized spacial score (nSPS) is 22.1. The molecule has 9 rings (SSSR count). The van der Waals surface area contributed by atoms with Gasteiger partial charge in [-0.05, 0) is 218 Å². The van der Waals surface area contributed by atoms with Crippen molar-refractivity contribution in [2.24, 2.45) is 108 Å². The highest BCUT2D eigenvalue weighted by Crippen LogP contribution is 2.44. The molecule has 0 heterocycles. The van der Waals surface area contributed by atoms with E-state index in [1.807, 2.05) is 0 Å². The Labute approximate surface area is 716 Å². The number of ketones is 6. The summed E-state index contributed by atoms with van der Waals surface area (Å²) in [6.45, 7) is 62.3. The summed E-state index contributed by atoms with van der Waals surface area (Å²) in [5, 5.41) is 0. The molecule has 12 heteroatoms. The molecular formula is C104H190O12. The van der Waals surface area contributed by atoms with Gasteiger partial charge in [0.05, 0.1) is 39.6 Å². The van der Waals surface area contributed by atoms with E-state index < -0.39 is 0 Å². The molecule has 0 saturated heterocycles. The molecule has 0 aromatic rings. The van der Waals surface area contributed by atoms with Crippen molar-refractivity contribution < 1.29 is 57.2 Å². The molecule has 0 aromatic heterocycles. The number of carbonyl (C=O) groups excluding carboxylic acids is 6. The van der Waals surface area contributed by atoms with Crippen LogP contribution in [-0.2, 0) is 57.2 Å². The second-order valence-corrected chi connectivity index (χ2v) is 49.2. The van der Waals surface area contributed by atoms with Crippen LogP contribution in [0.15, 0.2) is 0 Å². The van der Waals surface area contributed by atoms with E-state index in [-0.39, 0.29) is 103 Å². The zero-order chi connectivity index (χ0) is 87.0. The summed E-state index contributed by atoms with van der Waals surface area (Å²) in [6.07, 6.45) is 45.7. The van der Waals surface area contributed by atoms with Crippen molar-refractivity contribution in [1.82, 2.24) is 0 Å². The van der Waals surface area contributed by atoms with Crippen molar-refractivity contribution in [1.29, 1.82) is 0 Å². The number of hydrogen-bond acceptors (Lipinski definition) is 12. The van der Waals surface area contributed by atoms with E-state index in [1.165, 1.54) is 193 Å². The summed E-state index contributed by atoms with van der Waals surface area (Å²) in [5.41, 5.74) is 0.388. The lowest BCUT2D eigenvalue weighted by Gasteiger charge is -2.32. The predicted molar refractivity (Wildman–Crippen MR) is 484 cm³/mol. The Balaban J connectivity index is 0.000000293. The Kier molecular flexibility index (Phi) is 46.3. The van der Waals surface area contributed by atoms with Gasteiger partial charge in [0.2, 0.25) is 0 Å². The van der Waals surface area contributed by atoms with Gasteiger partial charge in [0, 0.05) is 38.5 Å². The maximum Gasteiger partial charge on any atom is 0.162 e. The third-order valence-corrected chi connectivity index (χ3v) is 25.3. The zero-order valence-corrected chi connectivity index (χ0v) is 81.2. The molecule has 9 aliphatic rings. The molecule has 9 fully saturated rings. The minimum Gasteiger partial charge on any atom is -0.370 e. The van der Waals surface area contributed by atoms with E-state index in [9.17, 15) is 28.8 Å².